The number of carbonyl (C=O) groups is 2. The number of nitrogens with zero attached hydrogens (tertiary/aromatic N) is 3. The minimum atomic E-state index is -0.0647. The molecule has 2 aromatic carbocycles. The largest absolute Gasteiger partial charge is 0.383 e. The molecular formula is C24H28N4O3S. The molecule has 168 valence electrons. The predicted octanol–water partition coefficient (Wildman–Crippen LogP) is 3.65. The van der Waals surface area contributed by atoms with Gasteiger partial charge in [-0.3, -0.25) is 9.59 Å². The molecule has 0 spiro atoms. The van der Waals surface area contributed by atoms with Crippen LogP contribution in [0.3, 0.4) is 0 Å². The minimum Gasteiger partial charge on any atom is -0.383 e. The zero-order chi connectivity index (χ0) is 22.3. The van der Waals surface area contributed by atoms with Gasteiger partial charge < -0.3 is 19.5 Å². The van der Waals surface area contributed by atoms with E-state index in [1.165, 1.54) is 11.8 Å². The lowest BCUT2D eigenvalue weighted by Crippen LogP contribution is -2.42. The van der Waals surface area contributed by atoms with Crippen LogP contribution in [0.4, 0.5) is 5.69 Å². The fourth-order valence-corrected chi connectivity index (χ4v) is 4.88. The van der Waals surface area contributed by atoms with Gasteiger partial charge in [0, 0.05) is 38.3 Å². The molecule has 1 aliphatic heterocycles. The number of para-hydroxylation sites is 3. The summed E-state index contributed by atoms with van der Waals surface area (Å²) in [7, 11) is 1.68. The maximum atomic E-state index is 12.8. The molecule has 7 nitrogen and oxygen atoms in total. The Labute approximate surface area is 192 Å². The highest BCUT2D eigenvalue weighted by atomic mass is 32.2. The van der Waals surface area contributed by atoms with Crippen LogP contribution in [0.2, 0.25) is 0 Å². The molecule has 0 unspecified atom stereocenters. The molecule has 3 aromatic rings. The molecule has 1 aliphatic rings. The number of nitrogens with one attached hydrogen (secondary N) is 1. The van der Waals surface area contributed by atoms with Gasteiger partial charge >= 0.3 is 0 Å². The molecule has 2 heterocycles. The topological polar surface area (TPSA) is 76.5 Å². The summed E-state index contributed by atoms with van der Waals surface area (Å²) < 4.78 is 7.35. The van der Waals surface area contributed by atoms with Crippen molar-refractivity contribution < 1.29 is 14.3 Å². The van der Waals surface area contributed by atoms with Crippen LogP contribution < -0.4 is 5.32 Å². The van der Waals surface area contributed by atoms with Crippen molar-refractivity contribution in [1.29, 1.82) is 0 Å². The Morgan fingerprint density at radius 3 is 2.56 bits per heavy atom. The van der Waals surface area contributed by atoms with Crippen LogP contribution in [0.25, 0.3) is 11.0 Å². The molecular weight excluding hydrogens is 424 g/mol. The van der Waals surface area contributed by atoms with Gasteiger partial charge in [-0.05, 0) is 37.1 Å². The lowest BCUT2D eigenvalue weighted by molar-refractivity contribution is -0.132. The minimum absolute atomic E-state index is 0.0320. The van der Waals surface area contributed by atoms with Crippen molar-refractivity contribution in [2.24, 2.45) is 5.92 Å². The summed E-state index contributed by atoms with van der Waals surface area (Å²) >= 11 is 1.46. The molecule has 0 radical (unpaired) electrons. The number of hydrogen-bond acceptors (Lipinski definition) is 5. The van der Waals surface area contributed by atoms with Gasteiger partial charge in [0.15, 0.2) is 5.16 Å². The summed E-state index contributed by atoms with van der Waals surface area (Å²) in [5, 5.41) is 3.80. The van der Waals surface area contributed by atoms with E-state index in [1.807, 2.05) is 59.5 Å². The first kappa shape index (κ1) is 22.4. The molecule has 0 saturated carbocycles. The van der Waals surface area contributed by atoms with Crippen LogP contribution in [-0.2, 0) is 20.9 Å². The number of ether oxygens (including phenoxy) is 1. The fraction of sp³-hybridized carbons (Fsp3) is 0.375. The Morgan fingerprint density at radius 1 is 1.09 bits per heavy atom. The summed E-state index contributed by atoms with van der Waals surface area (Å²) in [6, 6.07) is 17.5. The Morgan fingerprint density at radius 2 is 1.81 bits per heavy atom. The third-order valence-electron chi connectivity index (χ3n) is 5.72. The van der Waals surface area contributed by atoms with E-state index in [2.05, 4.69) is 9.88 Å². The van der Waals surface area contributed by atoms with Gasteiger partial charge in [-0.1, -0.05) is 42.1 Å². The van der Waals surface area contributed by atoms with Crippen LogP contribution in [0, 0.1) is 5.92 Å². The van der Waals surface area contributed by atoms with Crippen molar-refractivity contribution in [3.63, 3.8) is 0 Å². The van der Waals surface area contributed by atoms with E-state index in [0.29, 0.717) is 44.8 Å². The first-order chi connectivity index (χ1) is 15.7. The van der Waals surface area contributed by atoms with E-state index in [4.69, 9.17) is 9.72 Å². The number of rotatable bonds is 8. The van der Waals surface area contributed by atoms with E-state index >= 15 is 0 Å². The summed E-state index contributed by atoms with van der Waals surface area (Å²) in [6.45, 7) is 2.48. The lowest BCUT2D eigenvalue weighted by atomic mass is 9.96. The van der Waals surface area contributed by atoms with Crippen molar-refractivity contribution in [3.05, 3.63) is 54.6 Å². The number of piperidine rings is 1. The Hall–Kier alpha value is -2.84. The van der Waals surface area contributed by atoms with Gasteiger partial charge in [-0.15, -0.1) is 0 Å². The molecule has 1 fully saturated rings. The Kier molecular flexibility index (Phi) is 7.44. The van der Waals surface area contributed by atoms with E-state index in [-0.39, 0.29) is 17.7 Å². The van der Waals surface area contributed by atoms with Crippen LogP contribution in [0.1, 0.15) is 12.8 Å². The number of hydrogen-bond donors (Lipinski definition) is 1. The second kappa shape index (κ2) is 10.7. The van der Waals surface area contributed by atoms with Crippen molar-refractivity contribution in [1.82, 2.24) is 14.5 Å². The molecule has 4 rings (SSSR count). The first-order valence-corrected chi connectivity index (χ1v) is 11.8. The maximum absolute atomic E-state index is 12.8. The van der Waals surface area contributed by atoms with Gasteiger partial charge in [0.1, 0.15) is 0 Å². The number of amides is 2. The maximum Gasteiger partial charge on any atom is 0.233 e. The average Bonchev–Trinajstić information content (AvgIpc) is 3.19. The second-order valence-electron chi connectivity index (χ2n) is 7.83. The molecule has 1 saturated heterocycles. The second-order valence-corrected chi connectivity index (χ2v) is 8.77. The summed E-state index contributed by atoms with van der Waals surface area (Å²) in [6.07, 6.45) is 1.36. The van der Waals surface area contributed by atoms with Crippen molar-refractivity contribution in [3.8, 4) is 0 Å². The zero-order valence-corrected chi connectivity index (χ0v) is 19.0. The number of aromatic nitrogens is 2. The van der Waals surface area contributed by atoms with Crippen LogP contribution in [0.5, 0.6) is 0 Å². The standard InChI is InChI=1S/C24H28N4O3S/c1-31-16-15-28-21-10-6-5-9-20(21)26-24(28)32-17-22(29)27-13-11-18(12-14-27)23(30)25-19-7-3-2-4-8-19/h2-10,18H,11-17H2,1H3,(H,25,30). The monoisotopic (exact) mass is 452 g/mol. The van der Waals surface area contributed by atoms with E-state index in [0.717, 1.165) is 21.9 Å². The van der Waals surface area contributed by atoms with Crippen LogP contribution in [-0.4, -0.2) is 58.8 Å². The number of anilines is 1. The summed E-state index contributed by atoms with van der Waals surface area (Å²) in [5.41, 5.74) is 2.78. The molecule has 1 N–H and O–H groups in total. The number of methoxy groups -OCH3 is 1. The molecule has 8 heteroatoms. The molecule has 0 atom stereocenters. The smallest absolute Gasteiger partial charge is 0.233 e. The number of benzene rings is 2. The van der Waals surface area contributed by atoms with Crippen molar-refractivity contribution in [2.75, 3.05) is 37.9 Å². The van der Waals surface area contributed by atoms with Crippen LogP contribution in [0.15, 0.2) is 59.8 Å². The molecule has 32 heavy (non-hydrogen) atoms. The lowest BCUT2D eigenvalue weighted by Gasteiger charge is -2.31. The van der Waals surface area contributed by atoms with E-state index < -0.39 is 0 Å². The first-order valence-electron chi connectivity index (χ1n) is 10.9. The van der Waals surface area contributed by atoms with Crippen LogP contribution >= 0.6 is 11.8 Å². The highest BCUT2D eigenvalue weighted by Crippen LogP contribution is 2.25. The number of imidazole rings is 1. The SMILES string of the molecule is COCCn1c(SCC(=O)N2CCC(C(=O)Nc3ccccc3)CC2)nc2ccccc21. The molecule has 0 bridgehead atoms. The number of carbonyl (C=O) groups excluding carboxylic acids is 2. The zero-order valence-electron chi connectivity index (χ0n) is 18.2. The van der Waals surface area contributed by atoms with E-state index in [9.17, 15) is 9.59 Å². The van der Waals surface area contributed by atoms with Crippen molar-refractivity contribution in [2.45, 2.75) is 24.5 Å². The quantitative estimate of drug-likeness (QED) is 0.528. The number of fused-ring (bicyclic) bond motifs is 1. The van der Waals surface area contributed by atoms with E-state index in [1.54, 1.807) is 7.11 Å². The Balaban J connectivity index is 1.30. The van der Waals surface area contributed by atoms with Gasteiger partial charge in [0.2, 0.25) is 11.8 Å². The third-order valence-corrected chi connectivity index (χ3v) is 6.68. The van der Waals surface area contributed by atoms with Gasteiger partial charge in [-0.25, -0.2) is 4.98 Å². The molecule has 2 amide bonds. The van der Waals surface area contributed by atoms with Gasteiger partial charge in [-0.2, -0.15) is 0 Å². The number of thioether (sulfide) groups is 1. The molecule has 0 aliphatic carbocycles. The predicted molar refractivity (Wildman–Crippen MR) is 127 cm³/mol. The summed E-state index contributed by atoms with van der Waals surface area (Å²) in [5.74, 6) is 0.383. The summed E-state index contributed by atoms with van der Waals surface area (Å²) in [4.78, 5) is 31.9. The highest BCUT2D eigenvalue weighted by molar-refractivity contribution is 7.99. The molecule has 1 aromatic heterocycles. The number of likely N-dealkylation sites (tertiary alicyclic amines) is 1. The highest BCUT2D eigenvalue weighted by Gasteiger charge is 2.27. The van der Waals surface area contributed by atoms with Gasteiger partial charge in [0.05, 0.1) is 23.4 Å². The van der Waals surface area contributed by atoms with Crippen molar-refractivity contribution >= 4 is 40.3 Å². The van der Waals surface area contributed by atoms with Gasteiger partial charge in [0.25, 0.3) is 0 Å². The fourth-order valence-electron chi connectivity index (χ4n) is 3.94. The normalized spacial score (nSPS) is 14.6. The Bertz CT molecular complexity index is 1060. The third kappa shape index (κ3) is 5.31. The average molecular weight is 453 g/mol.